The van der Waals surface area contributed by atoms with Crippen molar-refractivity contribution >= 4 is 5.91 Å². The SMILES string of the molecule is CNC(=O)CCc1c(C)nn(Cc2ccc(C)cc2)c1C. The number of rotatable bonds is 5. The quantitative estimate of drug-likeness (QED) is 0.917. The Bertz CT molecular complexity index is 626. The van der Waals surface area contributed by atoms with Gasteiger partial charge in [-0.05, 0) is 38.3 Å². The molecule has 4 heteroatoms. The molecule has 1 N–H and O–H groups in total. The van der Waals surface area contributed by atoms with E-state index in [0.717, 1.165) is 24.4 Å². The largest absolute Gasteiger partial charge is 0.359 e. The van der Waals surface area contributed by atoms with Crippen LogP contribution in [-0.4, -0.2) is 22.7 Å². The molecule has 0 bridgehead atoms. The summed E-state index contributed by atoms with van der Waals surface area (Å²) in [5.74, 6) is 0.0695. The van der Waals surface area contributed by atoms with Gasteiger partial charge in [0.05, 0.1) is 12.2 Å². The predicted molar refractivity (Wildman–Crippen MR) is 84.4 cm³/mol. The van der Waals surface area contributed by atoms with Gasteiger partial charge in [-0.2, -0.15) is 5.10 Å². The maximum Gasteiger partial charge on any atom is 0.220 e. The average Bonchev–Trinajstić information content (AvgIpc) is 2.73. The first-order valence-corrected chi connectivity index (χ1v) is 7.30. The molecule has 1 amide bonds. The molecule has 0 aliphatic rings. The maximum atomic E-state index is 11.4. The van der Waals surface area contributed by atoms with Gasteiger partial charge in [0.25, 0.3) is 0 Å². The molecule has 0 spiro atoms. The van der Waals surface area contributed by atoms with Gasteiger partial charge in [0.15, 0.2) is 0 Å². The lowest BCUT2D eigenvalue weighted by Gasteiger charge is -2.06. The van der Waals surface area contributed by atoms with Gasteiger partial charge in [-0.3, -0.25) is 9.48 Å². The number of amides is 1. The second-order valence-electron chi connectivity index (χ2n) is 5.47. The summed E-state index contributed by atoms with van der Waals surface area (Å²) in [5.41, 5.74) is 5.86. The second-order valence-corrected chi connectivity index (χ2v) is 5.47. The molecule has 1 aromatic carbocycles. The van der Waals surface area contributed by atoms with E-state index in [1.807, 2.05) is 11.6 Å². The number of aryl methyl sites for hydroxylation is 2. The standard InChI is InChI=1S/C17H23N3O/c1-12-5-7-15(8-6-12)11-20-14(3)16(13(2)19-20)9-10-17(21)18-4/h5-8H,9-11H2,1-4H3,(H,18,21). The number of carbonyl (C=O) groups excluding carboxylic acids is 1. The summed E-state index contributed by atoms with van der Waals surface area (Å²) >= 11 is 0. The lowest BCUT2D eigenvalue weighted by molar-refractivity contribution is -0.120. The van der Waals surface area contributed by atoms with Crippen molar-refractivity contribution in [3.05, 3.63) is 52.3 Å². The summed E-state index contributed by atoms with van der Waals surface area (Å²) in [5, 5.41) is 7.28. The number of hydrogen-bond acceptors (Lipinski definition) is 2. The summed E-state index contributed by atoms with van der Waals surface area (Å²) in [6, 6.07) is 8.51. The van der Waals surface area contributed by atoms with Gasteiger partial charge in [0.1, 0.15) is 0 Å². The van der Waals surface area contributed by atoms with E-state index >= 15 is 0 Å². The number of hydrogen-bond donors (Lipinski definition) is 1. The van der Waals surface area contributed by atoms with E-state index in [1.54, 1.807) is 7.05 Å². The van der Waals surface area contributed by atoms with E-state index in [-0.39, 0.29) is 5.91 Å². The smallest absolute Gasteiger partial charge is 0.220 e. The van der Waals surface area contributed by atoms with Crippen LogP contribution in [0.5, 0.6) is 0 Å². The Morgan fingerprint density at radius 3 is 2.48 bits per heavy atom. The monoisotopic (exact) mass is 285 g/mol. The van der Waals surface area contributed by atoms with Crippen LogP contribution in [0.2, 0.25) is 0 Å². The van der Waals surface area contributed by atoms with Gasteiger partial charge in [0, 0.05) is 19.2 Å². The fourth-order valence-corrected chi connectivity index (χ4v) is 2.48. The zero-order chi connectivity index (χ0) is 15.4. The minimum Gasteiger partial charge on any atom is -0.359 e. The number of nitrogens with one attached hydrogen (secondary N) is 1. The van der Waals surface area contributed by atoms with Gasteiger partial charge in [0.2, 0.25) is 5.91 Å². The van der Waals surface area contributed by atoms with Crippen molar-refractivity contribution in [2.45, 2.75) is 40.2 Å². The van der Waals surface area contributed by atoms with Gasteiger partial charge in [-0.25, -0.2) is 0 Å². The van der Waals surface area contributed by atoms with Crippen molar-refractivity contribution in [1.82, 2.24) is 15.1 Å². The summed E-state index contributed by atoms with van der Waals surface area (Å²) in [7, 11) is 1.67. The molecular formula is C17H23N3O. The highest BCUT2D eigenvalue weighted by Crippen LogP contribution is 2.17. The molecule has 0 unspecified atom stereocenters. The molecule has 21 heavy (non-hydrogen) atoms. The van der Waals surface area contributed by atoms with Crippen LogP contribution < -0.4 is 5.32 Å². The third-order valence-corrected chi connectivity index (χ3v) is 3.87. The van der Waals surface area contributed by atoms with Crippen molar-refractivity contribution in [3.63, 3.8) is 0 Å². The Balaban J connectivity index is 2.14. The zero-order valence-electron chi connectivity index (χ0n) is 13.2. The molecule has 0 radical (unpaired) electrons. The molecule has 0 fully saturated rings. The minimum absolute atomic E-state index is 0.0695. The second kappa shape index (κ2) is 6.57. The summed E-state index contributed by atoms with van der Waals surface area (Å²) in [6.07, 6.45) is 1.25. The molecule has 112 valence electrons. The highest BCUT2D eigenvalue weighted by molar-refractivity contribution is 5.75. The van der Waals surface area contributed by atoms with Crippen molar-refractivity contribution in [1.29, 1.82) is 0 Å². The fraction of sp³-hybridized carbons (Fsp3) is 0.412. The van der Waals surface area contributed by atoms with Gasteiger partial charge < -0.3 is 5.32 Å². The van der Waals surface area contributed by atoms with E-state index < -0.39 is 0 Å². The molecule has 1 aromatic heterocycles. The molecule has 0 aliphatic heterocycles. The molecule has 0 saturated heterocycles. The molecule has 2 rings (SSSR count). The van der Waals surface area contributed by atoms with Crippen LogP contribution >= 0.6 is 0 Å². The van der Waals surface area contributed by atoms with Crippen LogP contribution in [-0.2, 0) is 17.8 Å². The topological polar surface area (TPSA) is 46.9 Å². The average molecular weight is 285 g/mol. The zero-order valence-corrected chi connectivity index (χ0v) is 13.2. The van der Waals surface area contributed by atoms with Crippen LogP contribution in [0.1, 0.15) is 34.5 Å². The number of nitrogens with zero attached hydrogens (tertiary/aromatic N) is 2. The molecule has 0 atom stereocenters. The summed E-state index contributed by atoms with van der Waals surface area (Å²) in [4.78, 5) is 11.4. The summed E-state index contributed by atoms with van der Waals surface area (Å²) < 4.78 is 2.03. The minimum atomic E-state index is 0.0695. The number of carbonyl (C=O) groups is 1. The summed E-state index contributed by atoms with van der Waals surface area (Å²) in [6.45, 7) is 6.95. The predicted octanol–water partition coefficient (Wildman–Crippen LogP) is 2.54. The Hall–Kier alpha value is -2.10. The van der Waals surface area contributed by atoms with E-state index in [2.05, 4.69) is 48.5 Å². The number of benzene rings is 1. The third-order valence-electron chi connectivity index (χ3n) is 3.87. The Morgan fingerprint density at radius 1 is 1.19 bits per heavy atom. The molecule has 0 saturated carbocycles. The van der Waals surface area contributed by atoms with Crippen molar-refractivity contribution in [2.75, 3.05) is 7.05 Å². The van der Waals surface area contributed by atoms with Crippen LogP contribution in [0.25, 0.3) is 0 Å². The van der Waals surface area contributed by atoms with Crippen molar-refractivity contribution in [2.24, 2.45) is 0 Å². The van der Waals surface area contributed by atoms with Gasteiger partial charge in [-0.15, -0.1) is 0 Å². The highest BCUT2D eigenvalue weighted by Gasteiger charge is 2.12. The number of aromatic nitrogens is 2. The Labute approximate surface area is 126 Å². The third kappa shape index (κ3) is 3.72. The lowest BCUT2D eigenvalue weighted by atomic mass is 10.1. The fourth-order valence-electron chi connectivity index (χ4n) is 2.48. The van der Waals surface area contributed by atoms with Crippen LogP contribution in [0.4, 0.5) is 0 Å². The van der Waals surface area contributed by atoms with E-state index in [0.29, 0.717) is 6.42 Å². The van der Waals surface area contributed by atoms with Crippen LogP contribution in [0.15, 0.2) is 24.3 Å². The first-order chi connectivity index (χ1) is 10.0. The Morgan fingerprint density at radius 2 is 1.86 bits per heavy atom. The molecule has 0 aliphatic carbocycles. The Kier molecular flexibility index (Phi) is 4.78. The van der Waals surface area contributed by atoms with E-state index in [4.69, 9.17) is 0 Å². The molecule has 1 heterocycles. The van der Waals surface area contributed by atoms with Gasteiger partial charge in [-0.1, -0.05) is 29.8 Å². The van der Waals surface area contributed by atoms with Crippen LogP contribution in [0, 0.1) is 20.8 Å². The molecule has 4 nitrogen and oxygen atoms in total. The van der Waals surface area contributed by atoms with Crippen molar-refractivity contribution in [3.8, 4) is 0 Å². The van der Waals surface area contributed by atoms with Crippen molar-refractivity contribution < 1.29 is 4.79 Å². The van der Waals surface area contributed by atoms with Crippen LogP contribution in [0.3, 0.4) is 0 Å². The lowest BCUT2D eigenvalue weighted by Crippen LogP contribution is -2.18. The first kappa shape index (κ1) is 15.3. The highest BCUT2D eigenvalue weighted by atomic mass is 16.1. The molecular weight excluding hydrogens is 262 g/mol. The van der Waals surface area contributed by atoms with Gasteiger partial charge >= 0.3 is 0 Å². The van der Waals surface area contributed by atoms with E-state index in [9.17, 15) is 4.79 Å². The van der Waals surface area contributed by atoms with E-state index in [1.165, 1.54) is 16.7 Å². The molecule has 2 aromatic rings. The maximum absolute atomic E-state index is 11.4. The normalized spacial score (nSPS) is 10.7. The first-order valence-electron chi connectivity index (χ1n) is 7.30.